The number of benzene rings is 1. The summed E-state index contributed by atoms with van der Waals surface area (Å²) >= 11 is 4.82. The predicted molar refractivity (Wildman–Crippen MR) is 77.7 cm³/mol. The van der Waals surface area contributed by atoms with E-state index in [1.165, 1.54) is 44.3 Å². The maximum atomic E-state index is 4.82. The Morgan fingerprint density at radius 3 is 2.18 bits per heavy atom. The lowest BCUT2D eigenvalue weighted by molar-refractivity contribution is 0.214. The zero-order valence-corrected chi connectivity index (χ0v) is 11.6. The molecule has 2 rings (SSSR count). The average molecular weight is 249 g/mol. The Morgan fingerprint density at radius 2 is 1.59 bits per heavy atom. The molecule has 0 N–H and O–H groups in total. The van der Waals surface area contributed by atoms with Gasteiger partial charge < -0.3 is 0 Å². The topological polar surface area (TPSA) is 3.24 Å². The van der Waals surface area contributed by atoms with Crippen LogP contribution >= 0.6 is 12.6 Å². The van der Waals surface area contributed by atoms with Crippen molar-refractivity contribution in [3.05, 3.63) is 35.9 Å². The van der Waals surface area contributed by atoms with Gasteiger partial charge in [-0.2, -0.15) is 12.6 Å². The third-order valence-electron chi connectivity index (χ3n) is 3.81. The molecule has 1 aliphatic heterocycles. The molecule has 0 aromatic heterocycles. The van der Waals surface area contributed by atoms with E-state index in [9.17, 15) is 0 Å². The normalized spacial score (nSPS) is 21.8. The highest BCUT2D eigenvalue weighted by atomic mass is 32.1. The van der Waals surface area contributed by atoms with Gasteiger partial charge in [0.2, 0.25) is 0 Å². The van der Waals surface area contributed by atoms with Crippen LogP contribution in [0.5, 0.6) is 0 Å². The van der Waals surface area contributed by atoms with Crippen LogP contribution in [0.1, 0.15) is 43.4 Å². The fraction of sp³-hybridized carbons (Fsp3) is 0.600. The highest BCUT2D eigenvalue weighted by molar-refractivity contribution is 7.80. The van der Waals surface area contributed by atoms with Crippen molar-refractivity contribution >= 4 is 12.6 Å². The molecule has 1 fully saturated rings. The zero-order valence-electron chi connectivity index (χ0n) is 10.7. The summed E-state index contributed by atoms with van der Waals surface area (Å²) in [7, 11) is 0. The Kier molecular flexibility index (Phi) is 4.93. The average Bonchev–Trinajstić information content (AvgIpc) is 2.67. The third kappa shape index (κ3) is 3.49. The number of likely N-dealkylation sites (tertiary alicyclic amines) is 1. The summed E-state index contributed by atoms with van der Waals surface area (Å²) in [6.45, 7) is 4.80. The van der Waals surface area contributed by atoms with Crippen molar-refractivity contribution in [2.75, 3.05) is 13.1 Å². The first-order chi connectivity index (χ1) is 8.29. The van der Waals surface area contributed by atoms with Gasteiger partial charge in [-0.3, -0.25) is 4.90 Å². The molecule has 0 spiro atoms. The quantitative estimate of drug-likeness (QED) is 0.795. The molecule has 1 aliphatic rings. The van der Waals surface area contributed by atoms with E-state index >= 15 is 0 Å². The van der Waals surface area contributed by atoms with Crippen LogP contribution < -0.4 is 0 Å². The molecular weight excluding hydrogens is 226 g/mol. The second kappa shape index (κ2) is 6.46. The predicted octanol–water partition coefficient (Wildman–Crippen LogP) is 3.92. The van der Waals surface area contributed by atoms with E-state index < -0.39 is 0 Å². The van der Waals surface area contributed by atoms with Gasteiger partial charge in [-0.05, 0) is 38.4 Å². The van der Waals surface area contributed by atoms with E-state index in [0.717, 1.165) is 0 Å². The molecule has 0 saturated carbocycles. The largest absolute Gasteiger partial charge is 0.299 e. The second-order valence-corrected chi connectivity index (χ2v) is 5.60. The van der Waals surface area contributed by atoms with Crippen molar-refractivity contribution in [3.8, 4) is 0 Å². The molecule has 94 valence electrons. The lowest BCUT2D eigenvalue weighted by Crippen LogP contribution is -2.36. The Labute approximate surface area is 111 Å². The maximum Gasteiger partial charge on any atom is 0.0419 e. The SMILES string of the molecule is C[C@@H]([C@H](S)c1ccccc1)N1CCCCCC1. The van der Waals surface area contributed by atoms with Crippen LogP contribution in [0, 0.1) is 0 Å². The molecule has 1 aromatic rings. The lowest BCUT2D eigenvalue weighted by atomic mass is 10.0. The van der Waals surface area contributed by atoms with E-state index in [4.69, 9.17) is 12.6 Å². The zero-order chi connectivity index (χ0) is 12.1. The number of hydrogen-bond acceptors (Lipinski definition) is 2. The summed E-state index contributed by atoms with van der Waals surface area (Å²) in [5.74, 6) is 0. The van der Waals surface area contributed by atoms with E-state index in [1.54, 1.807) is 0 Å². The van der Waals surface area contributed by atoms with Gasteiger partial charge in [0.1, 0.15) is 0 Å². The molecule has 1 aromatic carbocycles. The number of hydrogen-bond donors (Lipinski definition) is 1. The molecule has 0 unspecified atom stereocenters. The van der Waals surface area contributed by atoms with E-state index in [1.807, 2.05) is 0 Å². The molecule has 0 bridgehead atoms. The van der Waals surface area contributed by atoms with Gasteiger partial charge in [-0.15, -0.1) is 0 Å². The van der Waals surface area contributed by atoms with Crippen molar-refractivity contribution in [2.24, 2.45) is 0 Å². The van der Waals surface area contributed by atoms with Gasteiger partial charge >= 0.3 is 0 Å². The fourth-order valence-corrected chi connectivity index (χ4v) is 2.99. The molecular formula is C15H23NS. The van der Waals surface area contributed by atoms with Gasteiger partial charge in [-0.1, -0.05) is 43.2 Å². The van der Waals surface area contributed by atoms with Crippen LogP contribution in [0.3, 0.4) is 0 Å². The molecule has 0 radical (unpaired) electrons. The highest BCUT2D eigenvalue weighted by Crippen LogP contribution is 2.28. The van der Waals surface area contributed by atoms with Crippen molar-refractivity contribution in [1.29, 1.82) is 0 Å². The minimum Gasteiger partial charge on any atom is -0.299 e. The van der Waals surface area contributed by atoms with Gasteiger partial charge in [0.25, 0.3) is 0 Å². The molecule has 1 nitrogen and oxygen atoms in total. The number of nitrogens with zero attached hydrogens (tertiary/aromatic N) is 1. The summed E-state index contributed by atoms with van der Waals surface area (Å²) in [4.78, 5) is 2.61. The Bertz CT molecular complexity index is 317. The van der Waals surface area contributed by atoms with Crippen LogP contribution in [0.4, 0.5) is 0 Å². The number of thiol groups is 1. The first kappa shape index (κ1) is 13.0. The third-order valence-corrected chi connectivity index (χ3v) is 4.54. The van der Waals surface area contributed by atoms with Crippen molar-refractivity contribution < 1.29 is 0 Å². The Morgan fingerprint density at radius 1 is 1.00 bits per heavy atom. The smallest absolute Gasteiger partial charge is 0.0419 e. The molecule has 0 amide bonds. The van der Waals surface area contributed by atoms with Gasteiger partial charge in [0.05, 0.1) is 0 Å². The van der Waals surface area contributed by atoms with Crippen LogP contribution in [0.25, 0.3) is 0 Å². The minimum atomic E-state index is 0.328. The Hall–Kier alpha value is -0.470. The lowest BCUT2D eigenvalue weighted by Gasteiger charge is -2.31. The van der Waals surface area contributed by atoms with Crippen LogP contribution in [-0.2, 0) is 0 Å². The van der Waals surface area contributed by atoms with Crippen LogP contribution in [0.2, 0.25) is 0 Å². The Balaban J connectivity index is 2.00. The summed E-state index contributed by atoms with van der Waals surface area (Å²) in [5, 5.41) is 0.328. The van der Waals surface area contributed by atoms with Crippen molar-refractivity contribution in [2.45, 2.75) is 43.9 Å². The first-order valence-corrected chi connectivity index (χ1v) is 7.28. The van der Waals surface area contributed by atoms with E-state index in [0.29, 0.717) is 11.3 Å². The molecule has 2 atom stereocenters. The number of rotatable bonds is 3. The summed E-state index contributed by atoms with van der Waals surface area (Å²) < 4.78 is 0. The summed E-state index contributed by atoms with van der Waals surface area (Å²) in [5.41, 5.74) is 1.34. The van der Waals surface area contributed by atoms with Crippen molar-refractivity contribution in [3.63, 3.8) is 0 Å². The molecule has 1 heterocycles. The fourth-order valence-electron chi connectivity index (χ4n) is 2.63. The standard InChI is InChI=1S/C15H23NS/c1-13(16-11-7-2-3-8-12-16)15(17)14-9-5-4-6-10-14/h4-6,9-10,13,15,17H,2-3,7-8,11-12H2,1H3/t13-,15-/m0/s1. The second-order valence-electron chi connectivity index (χ2n) is 5.05. The molecule has 1 saturated heterocycles. The molecule has 2 heteroatoms. The maximum absolute atomic E-state index is 4.82. The minimum absolute atomic E-state index is 0.328. The van der Waals surface area contributed by atoms with Gasteiger partial charge in [0.15, 0.2) is 0 Å². The summed E-state index contributed by atoms with van der Waals surface area (Å²) in [6, 6.07) is 11.2. The van der Waals surface area contributed by atoms with Crippen molar-refractivity contribution in [1.82, 2.24) is 4.90 Å². The van der Waals surface area contributed by atoms with E-state index in [-0.39, 0.29) is 0 Å². The van der Waals surface area contributed by atoms with Crippen LogP contribution in [0.15, 0.2) is 30.3 Å². The van der Waals surface area contributed by atoms with Gasteiger partial charge in [0, 0.05) is 11.3 Å². The summed E-state index contributed by atoms with van der Waals surface area (Å²) in [6.07, 6.45) is 5.48. The molecule has 17 heavy (non-hydrogen) atoms. The van der Waals surface area contributed by atoms with E-state index in [2.05, 4.69) is 42.2 Å². The van der Waals surface area contributed by atoms with Crippen LogP contribution in [-0.4, -0.2) is 24.0 Å². The monoisotopic (exact) mass is 249 g/mol. The first-order valence-electron chi connectivity index (χ1n) is 6.76. The van der Waals surface area contributed by atoms with Gasteiger partial charge in [-0.25, -0.2) is 0 Å². The highest BCUT2D eigenvalue weighted by Gasteiger charge is 2.22. The molecule has 0 aliphatic carbocycles.